The molecule has 1 N–H and O–H groups in total. The number of amides is 2. The van der Waals surface area contributed by atoms with Crippen molar-refractivity contribution >= 4 is 17.5 Å². The molecule has 1 aromatic carbocycles. The molecule has 2 amide bonds. The molecule has 1 heterocycles. The van der Waals surface area contributed by atoms with E-state index in [1.54, 1.807) is 13.8 Å². The summed E-state index contributed by atoms with van der Waals surface area (Å²) in [5.41, 5.74) is -0.0785. The van der Waals surface area contributed by atoms with Gasteiger partial charge >= 0.3 is 0 Å². The average Bonchev–Trinajstić information content (AvgIpc) is 2.90. The first kappa shape index (κ1) is 15.4. The van der Waals surface area contributed by atoms with E-state index in [1.807, 2.05) is 0 Å². The first-order chi connectivity index (χ1) is 9.90. The van der Waals surface area contributed by atoms with Gasteiger partial charge in [-0.25, -0.2) is 8.78 Å². The van der Waals surface area contributed by atoms with Gasteiger partial charge in [0.2, 0.25) is 11.8 Å². The van der Waals surface area contributed by atoms with Crippen LogP contribution in [-0.4, -0.2) is 29.3 Å². The molecule has 2 rings (SSSR count). The number of benzene rings is 1. The van der Waals surface area contributed by atoms with E-state index < -0.39 is 23.6 Å². The quantitative estimate of drug-likeness (QED) is 0.932. The van der Waals surface area contributed by atoms with E-state index in [0.29, 0.717) is 19.0 Å². The van der Waals surface area contributed by atoms with Gasteiger partial charge in [0.25, 0.3) is 0 Å². The van der Waals surface area contributed by atoms with Gasteiger partial charge in [-0.05, 0) is 25.0 Å². The molecular formula is C15H18F2N2O2. The number of hydrogen-bond donors (Lipinski definition) is 1. The van der Waals surface area contributed by atoms with Crippen LogP contribution in [-0.2, 0) is 9.59 Å². The molecule has 0 radical (unpaired) electrons. The number of carbonyl (C=O) groups excluding carboxylic acids is 2. The molecule has 1 saturated heterocycles. The van der Waals surface area contributed by atoms with Crippen molar-refractivity contribution in [2.75, 3.05) is 11.9 Å². The van der Waals surface area contributed by atoms with Crippen LogP contribution in [0.4, 0.5) is 14.5 Å². The first-order valence-corrected chi connectivity index (χ1v) is 6.96. The first-order valence-electron chi connectivity index (χ1n) is 6.96. The van der Waals surface area contributed by atoms with Gasteiger partial charge in [0, 0.05) is 18.5 Å². The Morgan fingerprint density at radius 3 is 2.67 bits per heavy atom. The fraction of sp³-hybridized carbons (Fsp3) is 0.467. The summed E-state index contributed by atoms with van der Waals surface area (Å²) in [5, 5.41) is 2.43. The molecule has 0 spiro atoms. The largest absolute Gasteiger partial charge is 0.330 e. The minimum absolute atomic E-state index is 0.0785. The van der Waals surface area contributed by atoms with E-state index >= 15 is 0 Å². The Labute approximate surface area is 122 Å². The number of anilines is 1. The molecule has 1 fully saturated rings. The van der Waals surface area contributed by atoms with Gasteiger partial charge in [-0.3, -0.25) is 9.59 Å². The second-order valence-electron chi connectivity index (χ2n) is 5.46. The Balaban J connectivity index is 2.10. The summed E-state index contributed by atoms with van der Waals surface area (Å²) in [4.78, 5) is 25.8. The van der Waals surface area contributed by atoms with Crippen LogP contribution in [0.5, 0.6) is 0 Å². The van der Waals surface area contributed by atoms with E-state index in [0.717, 1.165) is 12.5 Å². The molecule has 0 unspecified atom stereocenters. The van der Waals surface area contributed by atoms with Crippen LogP contribution < -0.4 is 5.32 Å². The highest BCUT2D eigenvalue weighted by Gasteiger charge is 2.35. The molecule has 6 heteroatoms. The van der Waals surface area contributed by atoms with Crippen LogP contribution in [0.1, 0.15) is 26.7 Å². The summed E-state index contributed by atoms with van der Waals surface area (Å²) in [6.45, 7) is 4.07. The summed E-state index contributed by atoms with van der Waals surface area (Å²) in [6, 6.07) is 2.36. The minimum Gasteiger partial charge on any atom is -0.330 e. The SMILES string of the molecule is CC(C)C(=O)N1CCC[C@H]1C(=O)Nc1ccc(F)cc1F. The van der Waals surface area contributed by atoms with Crippen molar-refractivity contribution in [2.45, 2.75) is 32.7 Å². The van der Waals surface area contributed by atoms with Gasteiger partial charge in [-0.15, -0.1) is 0 Å². The number of nitrogens with zero attached hydrogens (tertiary/aromatic N) is 1. The molecular weight excluding hydrogens is 278 g/mol. The Morgan fingerprint density at radius 2 is 2.05 bits per heavy atom. The van der Waals surface area contributed by atoms with Crippen molar-refractivity contribution in [3.8, 4) is 0 Å². The lowest BCUT2D eigenvalue weighted by Crippen LogP contribution is -2.44. The fourth-order valence-corrected chi connectivity index (χ4v) is 2.44. The zero-order valence-electron chi connectivity index (χ0n) is 12.0. The van der Waals surface area contributed by atoms with Gasteiger partial charge in [0.1, 0.15) is 17.7 Å². The van der Waals surface area contributed by atoms with Gasteiger partial charge < -0.3 is 10.2 Å². The van der Waals surface area contributed by atoms with Crippen LogP contribution in [0.2, 0.25) is 0 Å². The third-order valence-corrected chi connectivity index (χ3v) is 3.52. The maximum absolute atomic E-state index is 13.5. The molecule has 1 aromatic rings. The summed E-state index contributed by atoms with van der Waals surface area (Å²) in [6.07, 6.45) is 1.29. The van der Waals surface area contributed by atoms with Crippen LogP contribution in [0, 0.1) is 17.6 Å². The van der Waals surface area contributed by atoms with Crippen molar-refractivity contribution in [2.24, 2.45) is 5.92 Å². The fourth-order valence-electron chi connectivity index (χ4n) is 2.44. The zero-order chi connectivity index (χ0) is 15.6. The zero-order valence-corrected chi connectivity index (χ0v) is 12.0. The second kappa shape index (κ2) is 6.20. The van der Waals surface area contributed by atoms with E-state index in [1.165, 1.54) is 11.0 Å². The predicted molar refractivity (Wildman–Crippen MR) is 74.6 cm³/mol. The molecule has 0 aromatic heterocycles. The van der Waals surface area contributed by atoms with Crippen molar-refractivity contribution in [3.63, 3.8) is 0 Å². The average molecular weight is 296 g/mol. The number of carbonyl (C=O) groups is 2. The normalized spacial score (nSPS) is 18.1. The molecule has 1 aliphatic heterocycles. The highest BCUT2D eigenvalue weighted by Crippen LogP contribution is 2.22. The van der Waals surface area contributed by atoms with Gasteiger partial charge in [-0.1, -0.05) is 13.8 Å². The van der Waals surface area contributed by atoms with Crippen molar-refractivity contribution < 1.29 is 18.4 Å². The van der Waals surface area contributed by atoms with Crippen LogP contribution >= 0.6 is 0 Å². The predicted octanol–water partition coefficient (Wildman–Crippen LogP) is 2.55. The maximum Gasteiger partial charge on any atom is 0.247 e. The minimum atomic E-state index is -0.830. The number of nitrogens with one attached hydrogen (secondary N) is 1. The van der Waals surface area contributed by atoms with Crippen molar-refractivity contribution in [3.05, 3.63) is 29.8 Å². The highest BCUT2D eigenvalue weighted by molar-refractivity contribution is 5.97. The lowest BCUT2D eigenvalue weighted by atomic mass is 10.1. The maximum atomic E-state index is 13.5. The Morgan fingerprint density at radius 1 is 1.33 bits per heavy atom. The Hall–Kier alpha value is -1.98. The molecule has 1 atom stereocenters. The third kappa shape index (κ3) is 3.37. The lowest BCUT2D eigenvalue weighted by Gasteiger charge is -2.25. The standard InChI is InChI=1S/C15H18F2N2O2/c1-9(2)15(21)19-7-3-4-13(19)14(20)18-12-6-5-10(16)8-11(12)17/h5-6,8-9,13H,3-4,7H2,1-2H3,(H,18,20)/t13-/m0/s1. The van der Waals surface area contributed by atoms with Gasteiger partial charge in [0.05, 0.1) is 5.69 Å². The van der Waals surface area contributed by atoms with Crippen molar-refractivity contribution in [1.82, 2.24) is 4.90 Å². The summed E-state index contributed by atoms with van der Waals surface area (Å²) >= 11 is 0. The van der Waals surface area contributed by atoms with E-state index in [9.17, 15) is 18.4 Å². The van der Waals surface area contributed by atoms with E-state index in [-0.39, 0.29) is 17.5 Å². The van der Waals surface area contributed by atoms with Gasteiger partial charge in [-0.2, -0.15) is 0 Å². The molecule has 1 aliphatic rings. The number of hydrogen-bond acceptors (Lipinski definition) is 2. The van der Waals surface area contributed by atoms with Crippen LogP contribution in [0.3, 0.4) is 0 Å². The summed E-state index contributed by atoms with van der Waals surface area (Å²) < 4.78 is 26.4. The Bertz CT molecular complexity index is 561. The lowest BCUT2D eigenvalue weighted by molar-refractivity contribution is -0.139. The Kier molecular flexibility index (Phi) is 4.55. The molecule has 0 bridgehead atoms. The molecule has 0 aliphatic carbocycles. The van der Waals surface area contributed by atoms with E-state index in [4.69, 9.17) is 0 Å². The van der Waals surface area contributed by atoms with Gasteiger partial charge in [0.15, 0.2) is 0 Å². The highest BCUT2D eigenvalue weighted by atomic mass is 19.1. The van der Waals surface area contributed by atoms with Crippen LogP contribution in [0.25, 0.3) is 0 Å². The summed E-state index contributed by atoms with van der Waals surface area (Å²) in [7, 11) is 0. The monoisotopic (exact) mass is 296 g/mol. The molecule has 114 valence electrons. The number of likely N-dealkylation sites (tertiary alicyclic amines) is 1. The van der Waals surface area contributed by atoms with Crippen molar-refractivity contribution in [1.29, 1.82) is 0 Å². The molecule has 21 heavy (non-hydrogen) atoms. The number of halogens is 2. The molecule has 0 saturated carbocycles. The smallest absolute Gasteiger partial charge is 0.247 e. The second-order valence-corrected chi connectivity index (χ2v) is 5.46. The van der Waals surface area contributed by atoms with E-state index in [2.05, 4.69) is 5.32 Å². The summed E-state index contributed by atoms with van der Waals surface area (Å²) in [5.74, 6) is -2.26. The number of rotatable bonds is 3. The molecule has 4 nitrogen and oxygen atoms in total. The third-order valence-electron chi connectivity index (χ3n) is 3.52. The topological polar surface area (TPSA) is 49.4 Å². The van der Waals surface area contributed by atoms with Crippen LogP contribution in [0.15, 0.2) is 18.2 Å².